The summed E-state index contributed by atoms with van der Waals surface area (Å²) in [7, 11) is 0. The number of rotatable bonds is 3. The maximum absolute atomic E-state index is 13.7. The first-order valence-corrected chi connectivity index (χ1v) is 10.2. The molecule has 2 heterocycles. The van der Waals surface area contributed by atoms with Gasteiger partial charge in [0, 0.05) is 51.0 Å². The highest BCUT2D eigenvalue weighted by Crippen LogP contribution is 2.27. The van der Waals surface area contributed by atoms with E-state index in [2.05, 4.69) is 15.1 Å². The van der Waals surface area contributed by atoms with Gasteiger partial charge in [-0.2, -0.15) is 0 Å². The summed E-state index contributed by atoms with van der Waals surface area (Å²) in [5.41, 5.74) is 1.58. The molecule has 29 heavy (non-hydrogen) atoms. The third-order valence-electron chi connectivity index (χ3n) is 5.57. The van der Waals surface area contributed by atoms with Crippen LogP contribution in [0.25, 0.3) is 0 Å². The van der Waals surface area contributed by atoms with Crippen molar-refractivity contribution in [1.29, 1.82) is 0 Å². The first-order valence-electron chi connectivity index (χ1n) is 9.79. The molecule has 2 aromatic rings. The number of halogens is 2. The number of carbonyl (C=O) groups excluding carboxylic acids is 1. The molecule has 1 unspecified atom stereocenters. The lowest BCUT2D eigenvalue weighted by atomic mass is 10.2. The number of anilines is 2. The van der Waals surface area contributed by atoms with Gasteiger partial charge in [0.15, 0.2) is 0 Å². The average molecular weight is 419 g/mol. The van der Waals surface area contributed by atoms with Crippen LogP contribution in [0.3, 0.4) is 0 Å². The molecule has 0 bridgehead atoms. The fourth-order valence-electron chi connectivity index (χ4n) is 3.94. The van der Waals surface area contributed by atoms with E-state index >= 15 is 0 Å². The molecule has 2 N–H and O–H groups in total. The van der Waals surface area contributed by atoms with Gasteiger partial charge >= 0.3 is 6.03 Å². The van der Waals surface area contributed by atoms with Crippen LogP contribution in [0.4, 0.5) is 20.6 Å². The molecule has 2 saturated heterocycles. The zero-order valence-corrected chi connectivity index (χ0v) is 16.8. The number of phenols is 1. The lowest BCUT2D eigenvalue weighted by molar-refractivity contribution is 0.191. The Balaban J connectivity index is 1.28. The van der Waals surface area contributed by atoms with Crippen LogP contribution in [-0.2, 0) is 0 Å². The van der Waals surface area contributed by atoms with E-state index in [-0.39, 0.29) is 22.8 Å². The molecule has 0 aromatic heterocycles. The fraction of sp³-hybridized carbons (Fsp3) is 0.381. The minimum absolute atomic E-state index is 0.0254. The molecule has 0 spiro atoms. The fourth-order valence-corrected chi connectivity index (χ4v) is 4.06. The number of carbonyl (C=O) groups is 1. The van der Waals surface area contributed by atoms with E-state index in [1.54, 1.807) is 29.2 Å². The summed E-state index contributed by atoms with van der Waals surface area (Å²) in [5.74, 6) is -0.172. The first-order chi connectivity index (χ1) is 14.0. The van der Waals surface area contributed by atoms with Gasteiger partial charge < -0.3 is 25.1 Å². The van der Waals surface area contributed by atoms with Crippen LogP contribution in [0.1, 0.15) is 6.42 Å². The standard InChI is InChI=1S/C21H24ClFN4O2/c22-17-6-5-16(13-18(17)23)27-8-7-15(14-27)24-21(29)26-11-9-25(10-12-26)19-3-1-2-4-20(19)28/h1-6,13,15,28H,7-12,14H2,(H,24,29). The Kier molecular flexibility index (Phi) is 5.67. The highest BCUT2D eigenvalue weighted by atomic mass is 35.5. The number of urea groups is 1. The zero-order chi connectivity index (χ0) is 20.4. The largest absolute Gasteiger partial charge is 0.506 e. The van der Waals surface area contributed by atoms with Crippen molar-refractivity contribution in [1.82, 2.24) is 10.2 Å². The van der Waals surface area contributed by atoms with Gasteiger partial charge in [-0.05, 0) is 36.8 Å². The van der Waals surface area contributed by atoms with Crippen LogP contribution >= 0.6 is 11.6 Å². The number of piperazine rings is 1. The number of para-hydroxylation sites is 2. The lowest BCUT2D eigenvalue weighted by Gasteiger charge is -2.36. The van der Waals surface area contributed by atoms with Gasteiger partial charge in [0.1, 0.15) is 11.6 Å². The molecule has 0 saturated carbocycles. The van der Waals surface area contributed by atoms with Crippen LogP contribution in [-0.4, -0.2) is 61.3 Å². The van der Waals surface area contributed by atoms with Gasteiger partial charge in [0.05, 0.1) is 10.7 Å². The number of amides is 2. The van der Waals surface area contributed by atoms with Gasteiger partial charge in [-0.15, -0.1) is 0 Å². The molecule has 154 valence electrons. The van der Waals surface area contributed by atoms with E-state index in [0.717, 1.165) is 24.3 Å². The normalized spacial score (nSPS) is 19.5. The number of aromatic hydroxyl groups is 1. The molecular weight excluding hydrogens is 395 g/mol. The van der Waals surface area contributed by atoms with Crippen molar-refractivity contribution in [3.63, 3.8) is 0 Å². The van der Waals surface area contributed by atoms with Crippen molar-refractivity contribution < 1.29 is 14.3 Å². The molecular formula is C21H24ClFN4O2. The molecule has 0 aliphatic carbocycles. The second-order valence-electron chi connectivity index (χ2n) is 7.44. The van der Waals surface area contributed by atoms with E-state index < -0.39 is 5.82 Å². The van der Waals surface area contributed by atoms with Crippen molar-refractivity contribution in [2.75, 3.05) is 49.1 Å². The maximum Gasteiger partial charge on any atom is 0.317 e. The molecule has 2 fully saturated rings. The molecule has 4 rings (SSSR count). The number of hydrogen-bond donors (Lipinski definition) is 2. The lowest BCUT2D eigenvalue weighted by Crippen LogP contribution is -2.53. The quantitative estimate of drug-likeness (QED) is 0.803. The second kappa shape index (κ2) is 8.37. The van der Waals surface area contributed by atoms with Crippen molar-refractivity contribution in [3.8, 4) is 5.75 Å². The smallest absolute Gasteiger partial charge is 0.317 e. The summed E-state index contributed by atoms with van der Waals surface area (Å²) in [6.07, 6.45) is 0.813. The van der Waals surface area contributed by atoms with Gasteiger partial charge in [-0.1, -0.05) is 23.7 Å². The van der Waals surface area contributed by atoms with Crippen molar-refractivity contribution in [2.45, 2.75) is 12.5 Å². The van der Waals surface area contributed by atoms with Crippen LogP contribution in [0, 0.1) is 5.82 Å². The van der Waals surface area contributed by atoms with Crippen LogP contribution < -0.4 is 15.1 Å². The predicted molar refractivity (Wildman–Crippen MR) is 112 cm³/mol. The van der Waals surface area contributed by atoms with Crippen molar-refractivity contribution >= 4 is 29.0 Å². The molecule has 0 radical (unpaired) electrons. The summed E-state index contributed by atoms with van der Waals surface area (Å²) >= 11 is 5.76. The van der Waals surface area contributed by atoms with Gasteiger partial charge in [-0.3, -0.25) is 0 Å². The van der Waals surface area contributed by atoms with E-state index in [1.165, 1.54) is 6.07 Å². The van der Waals surface area contributed by atoms with Crippen molar-refractivity contribution in [3.05, 3.63) is 53.3 Å². The Morgan fingerprint density at radius 3 is 2.55 bits per heavy atom. The molecule has 2 aromatic carbocycles. The van der Waals surface area contributed by atoms with E-state index in [4.69, 9.17) is 11.6 Å². The molecule has 6 nitrogen and oxygen atoms in total. The van der Waals surface area contributed by atoms with Gasteiger partial charge in [0.2, 0.25) is 0 Å². The maximum atomic E-state index is 13.7. The minimum Gasteiger partial charge on any atom is -0.506 e. The Bertz CT molecular complexity index is 889. The summed E-state index contributed by atoms with van der Waals surface area (Å²) in [6.45, 7) is 3.94. The Hall–Kier alpha value is -2.67. The Labute approximate surface area is 174 Å². The van der Waals surface area contributed by atoms with Gasteiger partial charge in [-0.25, -0.2) is 9.18 Å². The number of phenolic OH excluding ortho intramolecular Hbond substituents is 1. The van der Waals surface area contributed by atoms with Gasteiger partial charge in [0.25, 0.3) is 0 Å². The van der Waals surface area contributed by atoms with E-state index in [9.17, 15) is 14.3 Å². The molecule has 8 heteroatoms. The Morgan fingerprint density at radius 2 is 1.83 bits per heavy atom. The monoisotopic (exact) mass is 418 g/mol. The molecule has 2 amide bonds. The summed E-state index contributed by atoms with van der Waals surface area (Å²) in [6, 6.07) is 12.0. The average Bonchev–Trinajstić information content (AvgIpc) is 3.19. The number of nitrogens with one attached hydrogen (secondary N) is 1. The zero-order valence-electron chi connectivity index (χ0n) is 16.0. The first kappa shape index (κ1) is 19.6. The highest BCUT2D eigenvalue weighted by Gasteiger charge is 2.28. The van der Waals surface area contributed by atoms with Crippen LogP contribution in [0.2, 0.25) is 5.02 Å². The Morgan fingerprint density at radius 1 is 1.07 bits per heavy atom. The van der Waals surface area contributed by atoms with Crippen LogP contribution in [0.5, 0.6) is 5.75 Å². The van der Waals surface area contributed by atoms with Crippen molar-refractivity contribution in [2.24, 2.45) is 0 Å². The predicted octanol–water partition coefficient (Wildman–Crippen LogP) is 3.30. The number of nitrogens with zero attached hydrogens (tertiary/aromatic N) is 3. The summed E-state index contributed by atoms with van der Waals surface area (Å²) < 4.78 is 13.7. The van der Waals surface area contributed by atoms with E-state index in [0.29, 0.717) is 32.7 Å². The highest BCUT2D eigenvalue weighted by molar-refractivity contribution is 6.30. The minimum atomic E-state index is -0.432. The molecule has 2 aliphatic heterocycles. The number of hydrogen-bond acceptors (Lipinski definition) is 4. The summed E-state index contributed by atoms with van der Waals surface area (Å²) in [5, 5.41) is 13.2. The second-order valence-corrected chi connectivity index (χ2v) is 7.85. The topological polar surface area (TPSA) is 59.1 Å². The molecule has 1 atom stereocenters. The third-order valence-corrected chi connectivity index (χ3v) is 5.88. The number of benzene rings is 2. The molecule has 2 aliphatic rings. The van der Waals surface area contributed by atoms with E-state index in [1.807, 2.05) is 12.1 Å². The summed E-state index contributed by atoms with van der Waals surface area (Å²) in [4.78, 5) is 18.6. The SMILES string of the molecule is O=C(NC1CCN(c2ccc(Cl)c(F)c2)C1)N1CCN(c2ccccc2O)CC1. The van der Waals surface area contributed by atoms with Crippen LogP contribution in [0.15, 0.2) is 42.5 Å². The third kappa shape index (κ3) is 4.34.